The predicted molar refractivity (Wildman–Crippen MR) is 74.9 cm³/mol. The molecule has 2 rings (SSSR count). The molecule has 1 amide bonds. The summed E-state index contributed by atoms with van der Waals surface area (Å²) in [5.41, 5.74) is 0.810. The lowest BCUT2D eigenvalue weighted by Gasteiger charge is -2.09. The number of carbonyl (C=O) groups is 1. The molecule has 2 aromatic rings. The Balaban J connectivity index is 1.93. The van der Waals surface area contributed by atoms with E-state index in [2.05, 4.69) is 10.6 Å². The zero-order valence-corrected chi connectivity index (χ0v) is 11.0. The molecule has 104 valence electrons. The number of carbonyl (C=O) groups excluding carboxylic acids is 1. The third-order valence-corrected chi connectivity index (χ3v) is 2.85. The lowest BCUT2D eigenvalue weighted by molar-refractivity contribution is -0.114. The maximum absolute atomic E-state index is 13.0. The number of amides is 1. The van der Waals surface area contributed by atoms with Crippen LogP contribution >= 0.6 is 11.6 Å². The van der Waals surface area contributed by atoms with Crippen molar-refractivity contribution in [3.63, 3.8) is 0 Å². The third kappa shape index (κ3) is 3.68. The van der Waals surface area contributed by atoms with Gasteiger partial charge < -0.3 is 10.6 Å². The molecule has 3 nitrogen and oxygen atoms in total. The van der Waals surface area contributed by atoms with Gasteiger partial charge in [-0.2, -0.15) is 0 Å². The fourth-order valence-electron chi connectivity index (χ4n) is 1.56. The maximum Gasteiger partial charge on any atom is 0.243 e. The van der Waals surface area contributed by atoms with Crippen LogP contribution in [0.25, 0.3) is 0 Å². The molecule has 0 atom stereocenters. The molecule has 0 spiro atoms. The topological polar surface area (TPSA) is 41.1 Å². The highest BCUT2D eigenvalue weighted by molar-refractivity contribution is 6.33. The first-order valence-corrected chi connectivity index (χ1v) is 6.17. The predicted octanol–water partition coefficient (Wildman–Crippen LogP) is 3.67. The quantitative estimate of drug-likeness (QED) is 0.904. The number of hydrogen-bond donors (Lipinski definition) is 2. The van der Waals surface area contributed by atoms with E-state index in [9.17, 15) is 13.6 Å². The lowest BCUT2D eigenvalue weighted by Crippen LogP contribution is -2.21. The first-order chi connectivity index (χ1) is 9.56. The minimum Gasteiger partial charge on any atom is -0.375 e. The molecule has 6 heteroatoms. The van der Waals surface area contributed by atoms with Crippen LogP contribution in [0, 0.1) is 11.6 Å². The Morgan fingerprint density at radius 2 is 1.85 bits per heavy atom. The van der Waals surface area contributed by atoms with Crippen molar-refractivity contribution in [3.8, 4) is 0 Å². The summed E-state index contributed by atoms with van der Waals surface area (Å²) < 4.78 is 25.7. The molecule has 0 fully saturated rings. The molecule has 0 aliphatic carbocycles. The van der Waals surface area contributed by atoms with Gasteiger partial charge in [-0.3, -0.25) is 4.79 Å². The highest BCUT2D eigenvalue weighted by Gasteiger charge is 2.07. The summed E-state index contributed by atoms with van der Waals surface area (Å²) in [7, 11) is 0. The minimum atomic E-state index is -1.01. The van der Waals surface area contributed by atoms with Crippen molar-refractivity contribution in [2.24, 2.45) is 0 Å². The molecular formula is C14H11ClF2N2O. The SMILES string of the molecule is O=C(CNc1ccccc1Cl)Nc1ccc(F)c(F)c1. The second-order valence-corrected chi connectivity index (χ2v) is 4.42. The molecule has 0 bridgehead atoms. The van der Waals surface area contributed by atoms with E-state index in [1.54, 1.807) is 24.3 Å². The average Bonchev–Trinajstić information content (AvgIpc) is 2.42. The van der Waals surface area contributed by atoms with Crippen LogP contribution in [0.2, 0.25) is 5.02 Å². The number of rotatable bonds is 4. The second kappa shape index (κ2) is 6.34. The second-order valence-electron chi connectivity index (χ2n) is 4.01. The number of benzene rings is 2. The Labute approximate surface area is 119 Å². The Morgan fingerprint density at radius 3 is 2.55 bits per heavy atom. The zero-order valence-electron chi connectivity index (χ0n) is 10.3. The number of anilines is 2. The van der Waals surface area contributed by atoms with Gasteiger partial charge in [-0.15, -0.1) is 0 Å². The van der Waals surface area contributed by atoms with E-state index in [1.165, 1.54) is 6.07 Å². The van der Waals surface area contributed by atoms with Crippen LogP contribution < -0.4 is 10.6 Å². The smallest absolute Gasteiger partial charge is 0.243 e. The summed E-state index contributed by atoms with van der Waals surface area (Å²) in [6.45, 7) is -0.0390. The summed E-state index contributed by atoms with van der Waals surface area (Å²) in [5, 5.41) is 5.79. The molecule has 0 heterocycles. The van der Waals surface area contributed by atoms with E-state index in [0.717, 1.165) is 12.1 Å². The van der Waals surface area contributed by atoms with E-state index in [1.807, 2.05) is 0 Å². The molecule has 0 radical (unpaired) electrons. The van der Waals surface area contributed by atoms with Gasteiger partial charge in [-0.05, 0) is 24.3 Å². The Kier molecular flexibility index (Phi) is 4.53. The summed E-state index contributed by atoms with van der Waals surface area (Å²) >= 11 is 5.92. The molecule has 0 aromatic heterocycles. The van der Waals surface area contributed by atoms with E-state index in [4.69, 9.17) is 11.6 Å². The van der Waals surface area contributed by atoms with Crippen LogP contribution in [0.3, 0.4) is 0 Å². The molecule has 20 heavy (non-hydrogen) atoms. The normalized spacial score (nSPS) is 10.2. The molecule has 2 N–H and O–H groups in total. The van der Waals surface area contributed by atoms with E-state index in [0.29, 0.717) is 10.7 Å². The van der Waals surface area contributed by atoms with Gasteiger partial charge in [-0.25, -0.2) is 8.78 Å². The van der Waals surface area contributed by atoms with Crippen LogP contribution in [0.1, 0.15) is 0 Å². The van der Waals surface area contributed by atoms with Gasteiger partial charge >= 0.3 is 0 Å². The third-order valence-electron chi connectivity index (χ3n) is 2.52. The lowest BCUT2D eigenvalue weighted by atomic mass is 10.3. The number of hydrogen-bond acceptors (Lipinski definition) is 2. The van der Waals surface area contributed by atoms with Crippen LogP contribution in [0.15, 0.2) is 42.5 Å². The molecule has 2 aromatic carbocycles. The Morgan fingerprint density at radius 1 is 1.10 bits per heavy atom. The summed E-state index contributed by atoms with van der Waals surface area (Å²) in [4.78, 5) is 11.7. The molecule has 0 aliphatic rings. The van der Waals surface area contributed by atoms with Crippen molar-refractivity contribution in [1.29, 1.82) is 0 Å². The Hall–Kier alpha value is -2.14. The van der Waals surface area contributed by atoms with Gasteiger partial charge in [0, 0.05) is 11.8 Å². The Bertz CT molecular complexity index is 634. The fraction of sp³-hybridized carbons (Fsp3) is 0.0714. The highest BCUT2D eigenvalue weighted by atomic mass is 35.5. The minimum absolute atomic E-state index is 0.0390. The van der Waals surface area contributed by atoms with Crippen molar-refractivity contribution < 1.29 is 13.6 Å². The number of nitrogens with one attached hydrogen (secondary N) is 2. The highest BCUT2D eigenvalue weighted by Crippen LogP contribution is 2.20. The van der Waals surface area contributed by atoms with Crippen LogP contribution in [-0.4, -0.2) is 12.5 Å². The van der Waals surface area contributed by atoms with Crippen molar-refractivity contribution in [3.05, 3.63) is 59.1 Å². The summed E-state index contributed by atoms with van der Waals surface area (Å²) in [6, 6.07) is 10.1. The monoisotopic (exact) mass is 296 g/mol. The first kappa shape index (κ1) is 14.3. The molecule has 0 aliphatic heterocycles. The zero-order chi connectivity index (χ0) is 14.5. The summed E-state index contributed by atoms with van der Waals surface area (Å²) in [6.07, 6.45) is 0. The fourth-order valence-corrected chi connectivity index (χ4v) is 1.76. The molecule has 0 unspecified atom stereocenters. The van der Waals surface area contributed by atoms with Gasteiger partial charge in [-0.1, -0.05) is 23.7 Å². The van der Waals surface area contributed by atoms with E-state index in [-0.39, 0.29) is 12.2 Å². The van der Waals surface area contributed by atoms with Crippen molar-refractivity contribution in [2.45, 2.75) is 0 Å². The van der Waals surface area contributed by atoms with Crippen molar-refractivity contribution in [1.82, 2.24) is 0 Å². The largest absolute Gasteiger partial charge is 0.375 e. The standard InChI is InChI=1S/C14H11ClF2N2O/c15-10-3-1-2-4-13(10)18-8-14(20)19-9-5-6-11(16)12(17)7-9/h1-7,18H,8H2,(H,19,20). The molecule has 0 saturated heterocycles. The maximum atomic E-state index is 13.0. The summed E-state index contributed by atoms with van der Waals surface area (Å²) in [5.74, 6) is -2.37. The van der Waals surface area contributed by atoms with E-state index < -0.39 is 17.5 Å². The molecule has 0 saturated carbocycles. The molecular weight excluding hydrogens is 286 g/mol. The van der Waals surface area contributed by atoms with Gasteiger partial charge in [0.05, 0.1) is 17.3 Å². The van der Waals surface area contributed by atoms with Gasteiger partial charge in [0.1, 0.15) is 0 Å². The first-order valence-electron chi connectivity index (χ1n) is 5.79. The number of halogens is 3. The average molecular weight is 297 g/mol. The van der Waals surface area contributed by atoms with Crippen LogP contribution in [-0.2, 0) is 4.79 Å². The van der Waals surface area contributed by atoms with Gasteiger partial charge in [0.15, 0.2) is 11.6 Å². The van der Waals surface area contributed by atoms with Crippen LogP contribution in [0.4, 0.5) is 20.2 Å². The van der Waals surface area contributed by atoms with Crippen LogP contribution in [0.5, 0.6) is 0 Å². The van der Waals surface area contributed by atoms with Gasteiger partial charge in [0.25, 0.3) is 0 Å². The van der Waals surface area contributed by atoms with E-state index >= 15 is 0 Å². The van der Waals surface area contributed by atoms with Gasteiger partial charge in [0.2, 0.25) is 5.91 Å². The number of para-hydroxylation sites is 1. The van der Waals surface area contributed by atoms with Crippen molar-refractivity contribution >= 4 is 28.9 Å². The van der Waals surface area contributed by atoms with Crippen molar-refractivity contribution in [2.75, 3.05) is 17.2 Å².